The van der Waals surface area contributed by atoms with Crippen LogP contribution in [0.1, 0.15) is 24.6 Å². The first kappa shape index (κ1) is 13.5. The minimum atomic E-state index is -0.640. The zero-order valence-electron chi connectivity index (χ0n) is 9.69. The number of rotatable bonds is 5. The number of nitrogens with one attached hydrogen (secondary N) is 2. The van der Waals surface area contributed by atoms with Crippen molar-refractivity contribution >= 4 is 23.3 Å². The number of amides is 2. The lowest BCUT2D eigenvalue weighted by atomic mass is 10.2. The van der Waals surface area contributed by atoms with Gasteiger partial charge in [-0.2, -0.15) is 0 Å². The van der Waals surface area contributed by atoms with E-state index in [4.69, 9.17) is 0 Å². The highest BCUT2D eigenvalue weighted by Crippen LogP contribution is 2.11. The average molecular weight is 256 g/mol. The van der Waals surface area contributed by atoms with Crippen LogP contribution >= 0.6 is 11.3 Å². The summed E-state index contributed by atoms with van der Waals surface area (Å²) in [7, 11) is 0. The maximum atomic E-state index is 11.3. The Morgan fingerprint density at radius 2 is 2.24 bits per heavy atom. The Bertz CT molecular complexity index is 352. The van der Waals surface area contributed by atoms with Crippen LogP contribution in [0.2, 0.25) is 0 Å². The van der Waals surface area contributed by atoms with Gasteiger partial charge in [0, 0.05) is 11.3 Å². The van der Waals surface area contributed by atoms with Crippen molar-refractivity contribution in [1.82, 2.24) is 10.9 Å². The first-order valence-electron chi connectivity index (χ1n) is 5.46. The molecule has 0 radical (unpaired) electrons. The second-order valence-corrected chi connectivity index (χ2v) is 4.36. The summed E-state index contributed by atoms with van der Waals surface area (Å²) in [6.07, 6.45) is 1.38. The molecule has 1 rings (SSSR count). The second-order valence-electron chi connectivity index (χ2n) is 3.33. The summed E-state index contributed by atoms with van der Waals surface area (Å²) in [5.74, 6) is -0.213. The molecule has 1 aromatic rings. The lowest BCUT2D eigenvalue weighted by Gasteiger charge is -2.06. The van der Waals surface area contributed by atoms with Crippen molar-refractivity contribution in [1.29, 1.82) is 0 Å². The van der Waals surface area contributed by atoms with Gasteiger partial charge in [0.05, 0.1) is 6.61 Å². The smallest absolute Gasteiger partial charge is 0.426 e. The molecular weight excluding hydrogens is 240 g/mol. The molecule has 0 bridgehead atoms. The minimum absolute atomic E-state index is 0.213. The summed E-state index contributed by atoms with van der Waals surface area (Å²) >= 11 is 1.68. The van der Waals surface area contributed by atoms with Gasteiger partial charge in [0.15, 0.2) is 0 Å². The van der Waals surface area contributed by atoms with Crippen LogP contribution in [0.5, 0.6) is 0 Å². The van der Waals surface area contributed by atoms with Gasteiger partial charge in [0.2, 0.25) is 5.91 Å². The molecule has 2 N–H and O–H groups in total. The van der Waals surface area contributed by atoms with Gasteiger partial charge in [0.1, 0.15) is 0 Å². The minimum Gasteiger partial charge on any atom is -0.449 e. The monoisotopic (exact) mass is 256 g/mol. The fourth-order valence-electron chi connectivity index (χ4n) is 1.23. The van der Waals surface area contributed by atoms with Gasteiger partial charge >= 0.3 is 6.09 Å². The number of hydrogen-bond donors (Lipinski definition) is 2. The highest BCUT2D eigenvalue weighted by atomic mass is 32.1. The van der Waals surface area contributed by atoms with E-state index in [1.807, 2.05) is 17.5 Å². The Balaban J connectivity index is 2.07. The molecular formula is C11H16N2O3S. The van der Waals surface area contributed by atoms with E-state index in [1.54, 1.807) is 18.3 Å². The third-order valence-corrected chi connectivity index (χ3v) is 2.92. The van der Waals surface area contributed by atoms with E-state index in [0.717, 1.165) is 12.8 Å². The number of carbonyl (C=O) groups is 2. The van der Waals surface area contributed by atoms with Gasteiger partial charge < -0.3 is 4.74 Å². The molecule has 0 fully saturated rings. The molecule has 0 saturated heterocycles. The van der Waals surface area contributed by atoms with Gasteiger partial charge in [-0.25, -0.2) is 10.2 Å². The Labute approximate surface area is 104 Å². The van der Waals surface area contributed by atoms with Crippen LogP contribution in [0.3, 0.4) is 0 Å². The number of aryl methyl sites for hydroxylation is 1. The molecule has 17 heavy (non-hydrogen) atoms. The number of hydrazine groups is 1. The summed E-state index contributed by atoms with van der Waals surface area (Å²) in [6.45, 7) is 1.97. The highest BCUT2D eigenvalue weighted by molar-refractivity contribution is 7.09. The van der Waals surface area contributed by atoms with E-state index in [1.165, 1.54) is 4.88 Å². The molecule has 0 atom stereocenters. The number of carbonyl (C=O) groups excluding carboxylic acids is 2. The fraction of sp³-hybridized carbons (Fsp3) is 0.455. The van der Waals surface area contributed by atoms with Crippen LogP contribution in [0, 0.1) is 0 Å². The molecule has 1 heterocycles. The van der Waals surface area contributed by atoms with E-state index in [9.17, 15) is 9.59 Å². The first-order valence-corrected chi connectivity index (χ1v) is 6.34. The van der Waals surface area contributed by atoms with Crippen molar-refractivity contribution in [3.8, 4) is 0 Å². The number of hydrogen-bond acceptors (Lipinski definition) is 4. The van der Waals surface area contributed by atoms with E-state index >= 15 is 0 Å². The lowest BCUT2D eigenvalue weighted by Crippen LogP contribution is -2.41. The molecule has 6 heteroatoms. The Morgan fingerprint density at radius 3 is 2.88 bits per heavy atom. The standard InChI is InChI=1S/C11H16N2O3S/c1-2-16-11(15)13-12-10(14)7-3-5-9-6-4-8-17-9/h4,6,8H,2-3,5,7H2,1H3,(H,12,14)(H,13,15). The SMILES string of the molecule is CCOC(=O)NNC(=O)CCCc1cccs1. The average Bonchev–Trinajstić information content (AvgIpc) is 2.80. The zero-order chi connectivity index (χ0) is 12.5. The van der Waals surface area contributed by atoms with Crippen molar-refractivity contribution in [2.75, 3.05) is 6.61 Å². The highest BCUT2D eigenvalue weighted by Gasteiger charge is 2.04. The van der Waals surface area contributed by atoms with Gasteiger partial charge in [-0.1, -0.05) is 6.07 Å². The maximum absolute atomic E-state index is 11.3. The van der Waals surface area contributed by atoms with Gasteiger partial charge in [-0.05, 0) is 31.2 Å². The normalized spacial score (nSPS) is 9.71. The van der Waals surface area contributed by atoms with E-state index in [0.29, 0.717) is 6.42 Å². The molecule has 0 aliphatic rings. The van der Waals surface area contributed by atoms with E-state index < -0.39 is 6.09 Å². The van der Waals surface area contributed by atoms with Crippen LogP contribution in [-0.4, -0.2) is 18.6 Å². The molecule has 5 nitrogen and oxygen atoms in total. The van der Waals surface area contributed by atoms with Crippen molar-refractivity contribution in [2.24, 2.45) is 0 Å². The Kier molecular flexibility index (Phi) is 6.09. The van der Waals surface area contributed by atoms with Gasteiger partial charge in [0.25, 0.3) is 0 Å². The van der Waals surface area contributed by atoms with E-state index in [2.05, 4.69) is 15.6 Å². The second kappa shape index (κ2) is 7.67. The number of ether oxygens (including phenoxy) is 1. The van der Waals surface area contributed by atoms with Crippen LogP contribution in [-0.2, 0) is 16.0 Å². The topological polar surface area (TPSA) is 67.4 Å². The molecule has 94 valence electrons. The summed E-state index contributed by atoms with van der Waals surface area (Å²) in [5, 5.41) is 2.01. The van der Waals surface area contributed by atoms with E-state index in [-0.39, 0.29) is 12.5 Å². The largest absolute Gasteiger partial charge is 0.449 e. The predicted molar refractivity (Wildman–Crippen MR) is 65.6 cm³/mol. The van der Waals surface area contributed by atoms with Crippen molar-refractivity contribution < 1.29 is 14.3 Å². The van der Waals surface area contributed by atoms with Crippen LogP contribution in [0.15, 0.2) is 17.5 Å². The maximum Gasteiger partial charge on any atom is 0.426 e. The van der Waals surface area contributed by atoms with Crippen molar-refractivity contribution in [2.45, 2.75) is 26.2 Å². The number of thiophene rings is 1. The fourth-order valence-corrected chi connectivity index (χ4v) is 1.98. The third-order valence-electron chi connectivity index (χ3n) is 1.99. The Hall–Kier alpha value is -1.56. The Morgan fingerprint density at radius 1 is 1.41 bits per heavy atom. The van der Waals surface area contributed by atoms with Crippen LogP contribution in [0.25, 0.3) is 0 Å². The first-order chi connectivity index (χ1) is 8.22. The van der Waals surface area contributed by atoms with Crippen molar-refractivity contribution in [3.05, 3.63) is 22.4 Å². The molecule has 0 aliphatic carbocycles. The van der Waals surface area contributed by atoms with Gasteiger partial charge in [-0.15, -0.1) is 11.3 Å². The molecule has 0 unspecified atom stereocenters. The van der Waals surface area contributed by atoms with Crippen LogP contribution < -0.4 is 10.9 Å². The quantitative estimate of drug-likeness (QED) is 0.790. The van der Waals surface area contributed by atoms with Crippen molar-refractivity contribution in [3.63, 3.8) is 0 Å². The molecule has 2 amide bonds. The molecule has 0 aliphatic heterocycles. The molecule has 0 saturated carbocycles. The summed E-state index contributed by atoms with van der Waals surface area (Å²) in [5.41, 5.74) is 4.46. The lowest BCUT2D eigenvalue weighted by molar-refractivity contribution is -0.122. The summed E-state index contributed by atoms with van der Waals surface area (Å²) in [4.78, 5) is 23.4. The summed E-state index contributed by atoms with van der Waals surface area (Å²) < 4.78 is 4.59. The zero-order valence-corrected chi connectivity index (χ0v) is 10.5. The summed E-state index contributed by atoms with van der Waals surface area (Å²) in [6, 6.07) is 4.03. The molecule has 1 aromatic heterocycles. The molecule has 0 aromatic carbocycles. The molecule has 0 spiro atoms. The van der Waals surface area contributed by atoms with Gasteiger partial charge in [-0.3, -0.25) is 10.2 Å². The van der Waals surface area contributed by atoms with Crippen LogP contribution in [0.4, 0.5) is 4.79 Å². The third kappa shape index (κ3) is 5.91. The predicted octanol–water partition coefficient (Wildman–Crippen LogP) is 1.85.